The van der Waals surface area contributed by atoms with E-state index in [2.05, 4.69) is 17.6 Å². The zero-order valence-electron chi connectivity index (χ0n) is 14.0. The smallest absolute Gasteiger partial charge is 0.319 e. The van der Waals surface area contributed by atoms with E-state index in [1.807, 2.05) is 0 Å². The number of unbranched alkanes of at least 4 members (excludes halogenated alkanes) is 8. The highest BCUT2D eigenvalue weighted by atomic mass is 35.5. The van der Waals surface area contributed by atoms with E-state index in [0.29, 0.717) is 22.3 Å². The number of hydrogen-bond donors (Lipinski definition) is 2. The van der Waals surface area contributed by atoms with Crippen LogP contribution < -0.4 is 10.6 Å². The SMILES string of the molecule is CCCCCCCCCCCNC(=O)Nc1ccc(Cl)c(Cl)c1. The Morgan fingerprint density at radius 2 is 1.52 bits per heavy atom. The summed E-state index contributed by atoms with van der Waals surface area (Å²) in [5.41, 5.74) is 0.643. The van der Waals surface area contributed by atoms with Crippen molar-refractivity contribution in [2.45, 2.75) is 64.7 Å². The molecule has 0 fully saturated rings. The second-order valence-corrected chi connectivity index (χ2v) is 6.65. The largest absolute Gasteiger partial charge is 0.338 e. The monoisotopic (exact) mass is 358 g/mol. The first-order valence-electron chi connectivity index (χ1n) is 8.63. The summed E-state index contributed by atoms with van der Waals surface area (Å²) in [4.78, 5) is 11.7. The summed E-state index contributed by atoms with van der Waals surface area (Å²) < 4.78 is 0. The van der Waals surface area contributed by atoms with Gasteiger partial charge in [-0.05, 0) is 24.6 Å². The quantitative estimate of drug-likeness (QED) is 0.427. The van der Waals surface area contributed by atoms with Gasteiger partial charge in [-0.25, -0.2) is 4.79 Å². The molecular weight excluding hydrogens is 331 g/mol. The van der Waals surface area contributed by atoms with E-state index in [4.69, 9.17) is 23.2 Å². The van der Waals surface area contributed by atoms with Gasteiger partial charge >= 0.3 is 6.03 Å². The van der Waals surface area contributed by atoms with Crippen LogP contribution in [-0.4, -0.2) is 12.6 Å². The molecule has 1 aromatic carbocycles. The Kier molecular flexibility index (Phi) is 10.9. The summed E-state index contributed by atoms with van der Waals surface area (Å²) in [5, 5.41) is 6.52. The van der Waals surface area contributed by atoms with E-state index in [9.17, 15) is 4.79 Å². The van der Waals surface area contributed by atoms with Gasteiger partial charge in [0.1, 0.15) is 0 Å². The minimum absolute atomic E-state index is 0.206. The Hall–Kier alpha value is -0.930. The van der Waals surface area contributed by atoms with Gasteiger partial charge < -0.3 is 10.6 Å². The molecule has 130 valence electrons. The molecule has 0 bridgehead atoms. The van der Waals surface area contributed by atoms with Crippen molar-refractivity contribution in [2.75, 3.05) is 11.9 Å². The number of carbonyl (C=O) groups is 1. The molecule has 5 heteroatoms. The van der Waals surface area contributed by atoms with Gasteiger partial charge in [0.15, 0.2) is 0 Å². The molecule has 0 spiro atoms. The highest BCUT2D eigenvalue weighted by Gasteiger charge is 2.03. The van der Waals surface area contributed by atoms with E-state index in [-0.39, 0.29) is 6.03 Å². The maximum Gasteiger partial charge on any atom is 0.319 e. The Morgan fingerprint density at radius 3 is 2.13 bits per heavy atom. The number of benzene rings is 1. The predicted octanol–water partition coefficient (Wildman–Crippen LogP) is 6.65. The summed E-state index contributed by atoms with van der Waals surface area (Å²) in [5.74, 6) is 0. The zero-order chi connectivity index (χ0) is 16.9. The molecular formula is C18H28Cl2N2O. The van der Waals surface area contributed by atoms with Crippen LogP contribution in [0.2, 0.25) is 10.0 Å². The fourth-order valence-electron chi connectivity index (χ4n) is 2.39. The molecule has 2 amide bonds. The lowest BCUT2D eigenvalue weighted by molar-refractivity contribution is 0.252. The Bertz CT molecular complexity index is 466. The van der Waals surface area contributed by atoms with Crippen LogP contribution in [0.15, 0.2) is 18.2 Å². The van der Waals surface area contributed by atoms with Gasteiger partial charge in [0, 0.05) is 12.2 Å². The molecule has 0 saturated heterocycles. The number of amides is 2. The average molecular weight is 359 g/mol. The number of hydrogen-bond acceptors (Lipinski definition) is 1. The predicted molar refractivity (Wildman–Crippen MR) is 101 cm³/mol. The molecule has 0 atom stereocenters. The molecule has 0 heterocycles. The van der Waals surface area contributed by atoms with Gasteiger partial charge in [-0.3, -0.25) is 0 Å². The van der Waals surface area contributed by atoms with E-state index < -0.39 is 0 Å². The van der Waals surface area contributed by atoms with Crippen LogP contribution in [-0.2, 0) is 0 Å². The van der Waals surface area contributed by atoms with Crippen molar-refractivity contribution in [3.63, 3.8) is 0 Å². The lowest BCUT2D eigenvalue weighted by Gasteiger charge is -2.08. The van der Waals surface area contributed by atoms with Crippen LogP contribution in [0.5, 0.6) is 0 Å². The number of rotatable bonds is 11. The van der Waals surface area contributed by atoms with Gasteiger partial charge in [0.05, 0.1) is 10.0 Å². The second kappa shape index (κ2) is 12.5. The van der Waals surface area contributed by atoms with E-state index in [1.54, 1.807) is 18.2 Å². The van der Waals surface area contributed by atoms with Gasteiger partial charge in [-0.1, -0.05) is 81.5 Å². The Balaban J connectivity index is 2.01. The van der Waals surface area contributed by atoms with Crippen LogP contribution in [0.3, 0.4) is 0 Å². The van der Waals surface area contributed by atoms with Crippen LogP contribution >= 0.6 is 23.2 Å². The van der Waals surface area contributed by atoms with Gasteiger partial charge in [-0.2, -0.15) is 0 Å². The molecule has 23 heavy (non-hydrogen) atoms. The molecule has 1 aromatic rings. The summed E-state index contributed by atoms with van der Waals surface area (Å²) in [7, 11) is 0. The number of nitrogens with one attached hydrogen (secondary N) is 2. The molecule has 0 aromatic heterocycles. The third kappa shape index (κ3) is 9.72. The van der Waals surface area contributed by atoms with E-state index in [0.717, 1.165) is 6.42 Å². The third-order valence-corrected chi connectivity index (χ3v) is 4.48. The molecule has 1 rings (SSSR count). The standard InChI is InChI=1S/C18H28Cl2N2O/c1-2-3-4-5-6-7-8-9-10-13-21-18(23)22-15-11-12-16(19)17(20)14-15/h11-12,14H,2-10,13H2,1H3,(H2,21,22,23). The van der Waals surface area contributed by atoms with E-state index in [1.165, 1.54) is 51.4 Å². The highest BCUT2D eigenvalue weighted by Crippen LogP contribution is 2.24. The number of halogens is 2. The minimum atomic E-state index is -0.206. The summed E-state index contributed by atoms with van der Waals surface area (Å²) in [6.07, 6.45) is 11.5. The molecule has 0 saturated carbocycles. The average Bonchev–Trinajstić information content (AvgIpc) is 2.53. The highest BCUT2D eigenvalue weighted by molar-refractivity contribution is 6.42. The van der Waals surface area contributed by atoms with Gasteiger partial charge in [0.2, 0.25) is 0 Å². The maximum absolute atomic E-state index is 11.7. The fraction of sp³-hybridized carbons (Fsp3) is 0.611. The summed E-state index contributed by atoms with van der Waals surface area (Å²) in [6, 6.07) is 4.83. The maximum atomic E-state index is 11.7. The molecule has 2 N–H and O–H groups in total. The first kappa shape index (κ1) is 20.1. The van der Waals surface area contributed by atoms with Crippen LogP contribution in [0.25, 0.3) is 0 Å². The van der Waals surface area contributed by atoms with Crippen molar-refractivity contribution >= 4 is 34.9 Å². The van der Waals surface area contributed by atoms with Crippen molar-refractivity contribution in [2.24, 2.45) is 0 Å². The first-order chi connectivity index (χ1) is 11.1. The van der Waals surface area contributed by atoms with Crippen LogP contribution in [0, 0.1) is 0 Å². The van der Waals surface area contributed by atoms with Crippen molar-refractivity contribution in [3.05, 3.63) is 28.2 Å². The van der Waals surface area contributed by atoms with Crippen LogP contribution in [0.4, 0.5) is 10.5 Å². The number of urea groups is 1. The van der Waals surface area contributed by atoms with Gasteiger partial charge in [0.25, 0.3) is 0 Å². The zero-order valence-corrected chi connectivity index (χ0v) is 15.5. The first-order valence-corrected chi connectivity index (χ1v) is 9.39. The van der Waals surface area contributed by atoms with Gasteiger partial charge in [-0.15, -0.1) is 0 Å². The normalized spacial score (nSPS) is 10.6. The molecule has 3 nitrogen and oxygen atoms in total. The van der Waals surface area contributed by atoms with Crippen molar-refractivity contribution in [1.82, 2.24) is 5.32 Å². The molecule has 0 aliphatic heterocycles. The number of anilines is 1. The Morgan fingerprint density at radius 1 is 0.913 bits per heavy atom. The van der Waals surface area contributed by atoms with Crippen molar-refractivity contribution in [1.29, 1.82) is 0 Å². The van der Waals surface area contributed by atoms with Crippen LogP contribution in [0.1, 0.15) is 64.7 Å². The summed E-state index contributed by atoms with van der Waals surface area (Å²) in [6.45, 7) is 2.94. The second-order valence-electron chi connectivity index (χ2n) is 5.84. The molecule has 0 radical (unpaired) electrons. The minimum Gasteiger partial charge on any atom is -0.338 e. The lowest BCUT2D eigenvalue weighted by Crippen LogP contribution is -2.29. The lowest BCUT2D eigenvalue weighted by atomic mass is 10.1. The number of carbonyl (C=O) groups excluding carboxylic acids is 1. The topological polar surface area (TPSA) is 41.1 Å². The van der Waals surface area contributed by atoms with E-state index >= 15 is 0 Å². The molecule has 0 aliphatic rings. The molecule has 0 unspecified atom stereocenters. The summed E-state index contributed by atoms with van der Waals surface area (Å²) >= 11 is 11.7. The Labute approximate surface area is 150 Å². The third-order valence-electron chi connectivity index (χ3n) is 3.74. The van der Waals surface area contributed by atoms with Crippen molar-refractivity contribution in [3.8, 4) is 0 Å². The van der Waals surface area contributed by atoms with Crippen molar-refractivity contribution < 1.29 is 4.79 Å². The molecule has 0 aliphatic carbocycles. The fourth-order valence-corrected chi connectivity index (χ4v) is 2.68.